The van der Waals surface area contributed by atoms with Crippen LogP contribution in [0.15, 0.2) is 42.5 Å². The van der Waals surface area contributed by atoms with Gasteiger partial charge >= 0.3 is 5.97 Å². The molecule has 0 aromatic heterocycles. The summed E-state index contributed by atoms with van der Waals surface area (Å²) >= 11 is 0. The Morgan fingerprint density at radius 1 is 1.08 bits per heavy atom. The lowest BCUT2D eigenvalue weighted by atomic mass is 10.0. The molecule has 0 radical (unpaired) electrons. The largest absolute Gasteiger partial charge is 0.467 e. The molecule has 0 N–H and O–H groups in total. The Kier molecular flexibility index (Phi) is 6.28. The van der Waals surface area contributed by atoms with E-state index in [-0.39, 0.29) is 13.2 Å². The molecule has 0 aliphatic carbocycles. The molecule has 1 unspecified atom stereocenters. The van der Waals surface area contributed by atoms with Gasteiger partial charge in [0.25, 0.3) is 5.91 Å². The average molecular weight is 331 g/mol. The van der Waals surface area contributed by atoms with Gasteiger partial charge in [-0.3, -0.25) is 9.63 Å². The second kappa shape index (κ2) is 8.42. The molecule has 0 spiro atoms. The third-order valence-corrected chi connectivity index (χ3v) is 3.57. The van der Waals surface area contributed by atoms with Crippen LogP contribution in [0, 0.1) is 0 Å². The standard InChI is InChI=1S/C18H21NO5/c1-4-24-19(16(12-22-2)18(21)23-3)17(20)15-11-7-9-13-8-5-6-10-14(13)15/h5-11,16H,4,12H2,1-3H3. The van der Waals surface area contributed by atoms with Gasteiger partial charge in [-0.2, -0.15) is 0 Å². The fourth-order valence-corrected chi connectivity index (χ4v) is 2.49. The van der Waals surface area contributed by atoms with Gasteiger partial charge in [-0.05, 0) is 23.8 Å². The van der Waals surface area contributed by atoms with E-state index in [0.29, 0.717) is 5.56 Å². The zero-order chi connectivity index (χ0) is 17.5. The first-order valence-corrected chi connectivity index (χ1v) is 7.65. The quantitative estimate of drug-likeness (QED) is 0.576. The van der Waals surface area contributed by atoms with Gasteiger partial charge in [-0.15, -0.1) is 0 Å². The predicted octanol–water partition coefficient (Wildman–Crippen LogP) is 2.42. The lowest BCUT2D eigenvalue weighted by Gasteiger charge is -2.28. The number of benzene rings is 2. The van der Waals surface area contributed by atoms with E-state index in [0.717, 1.165) is 15.8 Å². The number of fused-ring (bicyclic) bond motifs is 1. The molecule has 1 amide bonds. The van der Waals surface area contributed by atoms with E-state index in [1.54, 1.807) is 19.1 Å². The van der Waals surface area contributed by atoms with Crippen LogP contribution in [0.5, 0.6) is 0 Å². The number of hydrogen-bond acceptors (Lipinski definition) is 5. The number of rotatable bonds is 7. The number of methoxy groups -OCH3 is 2. The van der Waals surface area contributed by atoms with Gasteiger partial charge in [0.2, 0.25) is 0 Å². The van der Waals surface area contributed by atoms with Gasteiger partial charge in [-0.25, -0.2) is 9.86 Å². The van der Waals surface area contributed by atoms with Crippen LogP contribution < -0.4 is 0 Å². The molecule has 0 saturated carbocycles. The monoisotopic (exact) mass is 331 g/mol. The van der Waals surface area contributed by atoms with Crippen molar-refractivity contribution in [1.82, 2.24) is 5.06 Å². The van der Waals surface area contributed by atoms with Gasteiger partial charge in [0.15, 0.2) is 6.04 Å². The number of amides is 1. The van der Waals surface area contributed by atoms with E-state index in [1.807, 2.05) is 30.3 Å². The molecule has 6 nitrogen and oxygen atoms in total. The fraction of sp³-hybridized carbons (Fsp3) is 0.333. The van der Waals surface area contributed by atoms with E-state index in [9.17, 15) is 9.59 Å². The minimum Gasteiger partial charge on any atom is -0.467 e. The van der Waals surface area contributed by atoms with Crippen molar-refractivity contribution in [3.05, 3.63) is 48.0 Å². The second-order valence-electron chi connectivity index (χ2n) is 5.07. The van der Waals surface area contributed by atoms with E-state index in [1.165, 1.54) is 14.2 Å². The van der Waals surface area contributed by atoms with Crippen molar-refractivity contribution in [3.8, 4) is 0 Å². The van der Waals surface area contributed by atoms with Gasteiger partial charge in [-0.1, -0.05) is 36.4 Å². The third kappa shape index (κ3) is 3.72. The van der Waals surface area contributed by atoms with Crippen LogP contribution in [0.25, 0.3) is 10.8 Å². The molecule has 0 aliphatic rings. The number of nitrogens with zero attached hydrogens (tertiary/aromatic N) is 1. The fourth-order valence-electron chi connectivity index (χ4n) is 2.49. The van der Waals surface area contributed by atoms with Crippen molar-refractivity contribution < 1.29 is 23.9 Å². The van der Waals surface area contributed by atoms with Crippen molar-refractivity contribution >= 4 is 22.6 Å². The molecule has 1 atom stereocenters. The van der Waals surface area contributed by atoms with Gasteiger partial charge in [0.1, 0.15) is 0 Å². The van der Waals surface area contributed by atoms with Crippen LogP contribution in [-0.2, 0) is 19.1 Å². The molecular weight excluding hydrogens is 310 g/mol. The topological polar surface area (TPSA) is 65.1 Å². The summed E-state index contributed by atoms with van der Waals surface area (Å²) in [4.78, 5) is 30.5. The van der Waals surface area contributed by atoms with E-state index in [4.69, 9.17) is 14.3 Å². The molecule has 128 valence electrons. The highest BCUT2D eigenvalue weighted by atomic mass is 16.7. The summed E-state index contributed by atoms with van der Waals surface area (Å²) in [5.74, 6) is -1.01. The number of hydroxylamine groups is 2. The second-order valence-corrected chi connectivity index (χ2v) is 5.07. The van der Waals surface area contributed by atoms with Crippen molar-refractivity contribution in [2.24, 2.45) is 0 Å². The molecule has 2 aromatic carbocycles. The number of hydrogen-bond donors (Lipinski definition) is 0. The zero-order valence-corrected chi connectivity index (χ0v) is 14.0. The molecule has 0 fully saturated rings. The van der Waals surface area contributed by atoms with Gasteiger partial charge in [0.05, 0.1) is 20.3 Å². The van der Waals surface area contributed by atoms with E-state index >= 15 is 0 Å². The highest BCUT2D eigenvalue weighted by molar-refractivity contribution is 6.07. The summed E-state index contributed by atoms with van der Waals surface area (Å²) < 4.78 is 9.83. The van der Waals surface area contributed by atoms with Crippen LogP contribution in [0.4, 0.5) is 0 Å². The third-order valence-electron chi connectivity index (χ3n) is 3.57. The Morgan fingerprint density at radius 3 is 2.46 bits per heavy atom. The summed E-state index contributed by atoms with van der Waals surface area (Å²) in [6.07, 6.45) is 0. The van der Waals surface area contributed by atoms with Crippen LogP contribution in [0.3, 0.4) is 0 Å². The molecule has 2 aromatic rings. The van der Waals surface area contributed by atoms with Crippen LogP contribution in [-0.4, -0.2) is 50.4 Å². The lowest BCUT2D eigenvalue weighted by Crippen LogP contribution is -2.48. The van der Waals surface area contributed by atoms with Crippen LogP contribution in [0.1, 0.15) is 17.3 Å². The Morgan fingerprint density at radius 2 is 1.79 bits per heavy atom. The highest BCUT2D eigenvalue weighted by Gasteiger charge is 2.33. The SMILES string of the molecule is CCON(C(=O)c1cccc2ccccc12)C(COC)C(=O)OC. The number of carbonyl (C=O) groups excluding carboxylic acids is 2. The smallest absolute Gasteiger partial charge is 0.333 e. The predicted molar refractivity (Wildman–Crippen MR) is 89.4 cm³/mol. The van der Waals surface area contributed by atoms with E-state index in [2.05, 4.69) is 0 Å². The molecule has 0 heterocycles. The maximum atomic E-state index is 13.0. The van der Waals surface area contributed by atoms with E-state index < -0.39 is 17.9 Å². The number of esters is 1. The molecule has 0 saturated heterocycles. The maximum absolute atomic E-state index is 13.0. The summed E-state index contributed by atoms with van der Waals surface area (Å²) in [6, 6.07) is 12.0. The molecule has 6 heteroatoms. The van der Waals surface area contributed by atoms with Crippen LogP contribution >= 0.6 is 0 Å². The number of carbonyl (C=O) groups is 2. The van der Waals surface area contributed by atoms with Crippen molar-refractivity contribution in [1.29, 1.82) is 0 Å². The summed E-state index contributed by atoms with van der Waals surface area (Å²) in [5.41, 5.74) is 0.451. The number of ether oxygens (including phenoxy) is 2. The van der Waals surface area contributed by atoms with Crippen LogP contribution in [0.2, 0.25) is 0 Å². The summed E-state index contributed by atoms with van der Waals surface area (Å²) in [6.45, 7) is 1.95. The van der Waals surface area contributed by atoms with Crippen molar-refractivity contribution in [2.75, 3.05) is 27.4 Å². The molecule has 2 rings (SSSR count). The first-order chi connectivity index (χ1) is 11.6. The molecule has 0 bridgehead atoms. The lowest BCUT2D eigenvalue weighted by molar-refractivity contribution is -0.182. The highest BCUT2D eigenvalue weighted by Crippen LogP contribution is 2.21. The molecule has 24 heavy (non-hydrogen) atoms. The van der Waals surface area contributed by atoms with Crippen molar-refractivity contribution in [3.63, 3.8) is 0 Å². The Bertz CT molecular complexity index is 710. The first kappa shape index (κ1) is 17.9. The Hall–Kier alpha value is -2.44. The molecule has 0 aliphatic heterocycles. The normalized spacial score (nSPS) is 12.0. The van der Waals surface area contributed by atoms with Gasteiger partial charge < -0.3 is 9.47 Å². The zero-order valence-electron chi connectivity index (χ0n) is 14.0. The summed E-state index contributed by atoms with van der Waals surface area (Å²) in [5, 5.41) is 2.76. The Balaban J connectivity index is 2.45. The maximum Gasteiger partial charge on any atom is 0.333 e. The molecular formula is C18H21NO5. The first-order valence-electron chi connectivity index (χ1n) is 7.65. The minimum atomic E-state index is -0.980. The Labute approximate surface area is 140 Å². The average Bonchev–Trinajstić information content (AvgIpc) is 2.63. The van der Waals surface area contributed by atoms with Gasteiger partial charge in [0, 0.05) is 12.7 Å². The van der Waals surface area contributed by atoms with Crippen molar-refractivity contribution in [2.45, 2.75) is 13.0 Å². The minimum absolute atomic E-state index is 0.0246. The summed E-state index contributed by atoms with van der Waals surface area (Å²) in [7, 11) is 2.71.